The Hall–Kier alpha value is -3.39. The van der Waals surface area contributed by atoms with Crippen LogP contribution in [0.3, 0.4) is 0 Å². The maximum Gasteiger partial charge on any atom is 0.331 e. The van der Waals surface area contributed by atoms with Crippen LogP contribution in [-0.2, 0) is 13.6 Å². The molecule has 30 heavy (non-hydrogen) atoms. The predicted molar refractivity (Wildman–Crippen MR) is 117 cm³/mol. The molecule has 152 valence electrons. The fourth-order valence-electron chi connectivity index (χ4n) is 4.49. The van der Waals surface area contributed by atoms with Crippen molar-refractivity contribution in [3.05, 3.63) is 92.3 Å². The van der Waals surface area contributed by atoms with Crippen molar-refractivity contribution in [2.75, 3.05) is 0 Å². The molecule has 2 aromatic carbocycles. The molecular formula is C25H25N3O2. The van der Waals surface area contributed by atoms with Crippen LogP contribution in [0.15, 0.2) is 64.2 Å². The summed E-state index contributed by atoms with van der Waals surface area (Å²) >= 11 is 0. The molecule has 1 aliphatic carbocycles. The molecule has 0 amide bonds. The minimum atomic E-state index is -0.286. The van der Waals surface area contributed by atoms with Crippen LogP contribution in [0.4, 0.5) is 0 Å². The number of hydrogen-bond acceptors (Lipinski definition) is 3. The lowest BCUT2D eigenvalue weighted by atomic mass is 9.86. The average molecular weight is 399 g/mol. The first kappa shape index (κ1) is 19.9. The van der Waals surface area contributed by atoms with E-state index in [4.69, 9.17) is 0 Å². The number of aromatic nitrogens is 2. The lowest BCUT2D eigenvalue weighted by Crippen LogP contribution is -2.40. The average Bonchev–Trinajstić information content (AvgIpc) is 2.80. The van der Waals surface area contributed by atoms with Gasteiger partial charge in [-0.2, -0.15) is 5.26 Å². The molecule has 0 radical (unpaired) electrons. The third-order valence-corrected chi connectivity index (χ3v) is 6.14. The summed E-state index contributed by atoms with van der Waals surface area (Å²) in [5, 5.41) is 9.54. The number of hydrogen-bond donors (Lipinski definition) is 0. The zero-order chi connectivity index (χ0) is 21.1. The number of nitriles is 1. The summed E-state index contributed by atoms with van der Waals surface area (Å²) in [6.07, 6.45) is 5.47. The highest BCUT2D eigenvalue weighted by Crippen LogP contribution is 2.33. The van der Waals surface area contributed by atoms with Crippen molar-refractivity contribution in [3.8, 4) is 17.2 Å². The van der Waals surface area contributed by atoms with Crippen LogP contribution in [0, 0.1) is 11.3 Å². The SMILES string of the molecule is Cn1c(=O)cc(C2CCCCC2)n(Cc2ccccc2-c2ccccc2C#N)c1=O. The molecule has 1 aromatic heterocycles. The van der Waals surface area contributed by atoms with E-state index < -0.39 is 0 Å². The van der Waals surface area contributed by atoms with Crippen molar-refractivity contribution in [1.82, 2.24) is 9.13 Å². The monoisotopic (exact) mass is 399 g/mol. The van der Waals surface area contributed by atoms with E-state index in [-0.39, 0.29) is 17.2 Å². The maximum atomic E-state index is 13.1. The van der Waals surface area contributed by atoms with Gasteiger partial charge >= 0.3 is 5.69 Å². The predicted octanol–water partition coefficient (Wildman–Crippen LogP) is 4.18. The van der Waals surface area contributed by atoms with Crippen LogP contribution in [0.1, 0.15) is 54.8 Å². The van der Waals surface area contributed by atoms with Gasteiger partial charge in [-0.05, 0) is 41.5 Å². The van der Waals surface area contributed by atoms with E-state index in [1.54, 1.807) is 16.7 Å². The largest absolute Gasteiger partial charge is 0.331 e. The smallest absolute Gasteiger partial charge is 0.293 e. The topological polar surface area (TPSA) is 67.8 Å². The Labute approximate surface area is 175 Å². The minimum absolute atomic E-state index is 0.235. The summed E-state index contributed by atoms with van der Waals surface area (Å²) in [7, 11) is 1.53. The Morgan fingerprint density at radius 1 is 0.967 bits per heavy atom. The molecule has 0 N–H and O–H groups in total. The molecular weight excluding hydrogens is 374 g/mol. The molecule has 1 aliphatic rings. The van der Waals surface area contributed by atoms with Crippen LogP contribution < -0.4 is 11.2 Å². The maximum absolute atomic E-state index is 13.1. The van der Waals surface area contributed by atoms with Crippen molar-refractivity contribution in [2.24, 2.45) is 7.05 Å². The first-order valence-electron chi connectivity index (χ1n) is 10.5. The molecule has 5 heteroatoms. The van der Waals surface area contributed by atoms with Crippen molar-refractivity contribution >= 4 is 0 Å². The minimum Gasteiger partial charge on any atom is -0.293 e. The van der Waals surface area contributed by atoms with Gasteiger partial charge in [0.05, 0.1) is 18.2 Å². The zero-order valence-corrected chi connectivity index (χ0v) is 17.2. The third kappa shape index (κ3) is 3.73. The second-order valence-corrected chi connectivity index (χ2v) is 7.98. The summed E-state index contributed by atoms with van der Waals surface area (Å²) < 4.78 is 2.93. The molecule has 5 nitrogen and oxygen atoms in total. The van der Waals surface area contributed by atoms with Crippen LogP contribution in [0.2, 0.25) is 0 Å². The van der Waals surface area contributed by atoms with Gasteiger partial charge in [0.2, 0.25) is 0 Å². The van der Waals surface area contributed by atoms with Gasteiger partial charge in [0.25, 0.3) is 5.56 Å². The van der Waals surface area contributed by atoms with Gasteiger partial charge in [-0.1, -0.05) is 61.7 Å². The second-order valence-electron chi connectivity index (χ2n) is 7.98. The summed E-state index contributed by atoms with van der Waals surface area (Å²) in [6.45, 7) is 0.370. The van der Waals surface area contributed by atoms with Gasteiger partial charge in [0.1, 0.15) is 0 Å². The quantitative estimate of drug-likeness (QED) is 0.661. The fourth-order valence-corrected chi connectivity index (χ4v) is 4.49. The number of benzene rings is 2. The lowest BCUT2D eigenvalue weighted by molar-refractivity contribution is 0.416. The van der Waals surface area contributed by atoms with Gasteiger partial charge in [-0.15, -0.1) is 0 Å². The normalized spacial score (nSPS) is 14.4. The third-order valence-electron chi connectivity index (χ3n) is 6.14. The molecule has 1 fully saturated rings. The van der Waals surface area contributed by atoms with Crippen molar-refractivity contribution in [2.45, 2.75) is 44.6 Å². The van der Waals surface area contributed by atoms with E-state index in [9.17, 15) is 14.9 Å². The van der Waals surface area contributed by atoms with Gasteiger partial charge in [0, 0.05) is 18.8 Å². The lowest BCUT2D eigenvalue weighted by Gasteiger charge is -2.25. The Bertz CT molecular complexity index is 1220. The van der Waals surface area contributed by atoms with Crippen LogP contribution in [-0.4, -0.2) is 9.13 Å². The Morgan fingerprint density at radius 2 is 1.63 bits per heavy atom. The van der Waals surface area contributed by atoms with Crippen molar-refractivity contribution in [3.63, 3.8) is 0 Å². The molecule has 3 aromatic rings. The van der Waals surface area contributed by atoms with E-state index >= 15 is 0 Å². The van der Waals surface area contributed by atoms with Crippen LogP contribution in [0.25, 0.3) is 11.1 Å². The Balaban J connectivity index is 1.85. The van der Waals surface area contributed by atoms with Gasteiger partial charge in [0.15, 0.2) is 0 Å². The molecule has 0 aliphatic heterocycles. The highest BCUT2D eigenvalue weighted by Gasteiger charge is 2.22. The first-order valence-corrected chi connectivity index (χ1v) is 10.5. The summed E-state index contributed by atoms with van der Waals surface area (Å²) in [6, 6.07) is 19.3. The van der Waals surface area contributed by atoms with Crippen LogP contribution in [0.5, 0.6) is 0 Å². The molecule has 0 spiro atoms. The molecule has 1 saturated carbocycles. The number of nitrogens with zero attached hydrogens (tertiary/aromatic N) is 3. The molecule has 0 unspecified atom stereocenters. The van der Waals surface area contributed by atoms with Gasteiger partial charge < -0.3 is 0 Å². The Kier molecular flexibility index (Phi) is 5.67. The second kappa shape index (κ2) is 8.54. The highest BCUT2D eigenvalue weighted by atomic mass is 16.2. The summed E-state index contributed by atoms with van der Waals surface area (Å²) in [4.78, 5) is 25.5. The number of rotatable bonds is 4. The van der Waals surface area contributed by atoms with Gasteiger partial charge in [-0.25, -0.2) is 4.79 Å². The first-order chi connectivity index (χ1) is 14.6. The zero-order valence-electron chi connectivity index (χ0n) is 17.2. The van der Waals surface area contributed by atoms with E-state index in [0.717, 1.165) is 48.1 Å². The summed E-state index contributed by atoms with van der Waals surface area (Å²) in [5.74, 6) is 0.235. The standard InChI is InChI=1S/C25H25N3O2/c1-27-24(29)15-23(18-9-3-2-4-10-18)28(25(27)30)17-20-12-6-8-14-22(20)21-13-7-5-11-19(21)16-26/h5-8,11-15,18H,2-4,9-10,17H2,1H3. The van der Waals surface area contributed by atoms with Gasteiger partial charge in [-0.3, -0.25) is 13.9 Å². The highest BCUT2D eigenvalue weighted by molar-refractivity contribution is 5.73. The van der Waals surface area contributed by atoms with Crippen LogP contribution >= 0.6 is 0 Å². The Morgan fingerprint density at radius 3 is 2.37 bits per heavy atom. The molecule has 0 saturated heterocycles. The van der Waals surface area contributed by atoms with Crippen molar-refractivity contribution in [1.29, 1.82) is 5.26 Å². The molecule has 4 rings (SSSR count). The summed E-state index contributed by atoms with van der Waals surface area (Å²) in [5.41, 5.74) is 3.65. The van der Waals surface area contributed by atoms with E-state index in [1.807, 2.05) is 42.5 Å². The van der Waals surface area contributed by atoms with E-state index in [1.165, 1.54) is 18.0 Å². The fraction of sp³-hybridized carbons (Fsp3) is 0.320. The molecule has 0 bridgehead atoms. The van der Waals surface area contributed by atoms with Crippen molar-refractivity contribution < 1.29 is 0 Å². The van der Waals surface area contributed by atoms with E-state index in [2.05, 4.69) is 6.07 Å². The molecule has 1 heterocycles. The molecule has 0 atom stereocenters. The van der Waals surface area contributed by atoms with E-state index in [0.29, 0.717) is 12.1 Å².